The van der Waals surface area contributed by atoms with E-state index in [1.54, 1.807) is 23.1 Å². The number of aromatic nitrogens is 2. The molecule has 0 fully saturated rings. The van der Waals surface area contributed by atoms with E-state index in [9.17, 15) is 4.79 Å². The second kappa shape index (κ2) is 8.87. The van der Waals surface area contributed by atoms with Crippen molar-refractivity contribution in [3.05, 3.63) is 65.9 Å². The van der Waals surface area contributed by atoms with Gasteiger partial charge < -0.3 is 9.88 Å². The van der Waals surface area contributed by atoms with Crippen LogP contribution in [0.25, 0.3) is 10.6 Å². The molecule has 3 aromatic rings. The van der Waals surface area contributed by atoms with Gasteiger partial charge in [0.15, 0.2) is 0 Å². The summed E-state index contributed by atoms with van der Waals surface area (Å²) in [7, 11) is 0. The molecule has 2 heterocycles. The predicted octanol–water partition coefficient (Wildman–Crippen LogP) is 4.22. The normalized spacial score (nSPS) is 12.0. The molecule has 6 heteroatoms. The number of hydrogen-bond donors (Lipinski definition) is 1. The molecule has 0 unspecified atom stereocenters. The van der Waals surface area contributed by atoms with Crippen LogP contribution in [-0.2, 0) is 11.3 Å². The van der Waals surface area contributed by atoms with E-state index in [2.05, 4.69) is 22.6 Å². The second-order valence-corrected chi connectivity index (χ2v) is 7.56. The van der Waals surface area contributed by atoms with Crippen LogP contribution in [0.3, 0.4) is 0 Å². The molecule has 4 nitrogen and oxygen atoms in total. The molecule has 2 aromatic heterocycles. The predicted molar refractivity (Wildman–Crippen MR) is 106 cm³/mol. The Hall–Kier alpha value is -2.05. The highest BCUT2D eigenvalue weighted by Crippen LogP contribution is 2.22. The zero-order chi connectivity index (χ0) is 17.5. The number of rotatable bonds is 8. The first-order chi connectivity index (χ1) is 12.3. The molecule has 1 amide bonds. The molecule has 3 rings (SSSR count). The monoisotopic (exact) mass is 371 g/mol. The van der Waals surface area contributed by atoms with Gasteiger partial charge in [0, 0.05) is 36.1 Å². The molecule has 0 aliphatic heterocycles. The third kappa shape index (κ3) is 4.74. The second-order valence-electron chi connectivity index (χ2n) is 5.68. The lowest BCUT2D eigenvalue weighted by molar-refractivity contribution is -0.124. The van der Waals surface area contributed by atoms with Crippen molar-refractivity contribution in [2.75, 3.05) is 12.0 Å². The molecule has 0 aliphatic rings. The minimum absolute atomic E-state index is 0.0601. The Morgan fingerprint density at radius 3 is 2.88 bits per heavy atom. The van der Waals surface area contributed by atoms with Crippen molar-refractivity contribution in [2.24, 2.45) is 0 Å². The van der Waals surface area contributed by atoms with Crippen LogP contribution in [0.5, 0.6) is 0 Å². The molecule has 0 aliphatic carbocycles. The SMILES string of the molecule is CSCC[C@@H](C(=O)NCc1cccc(-c2nccs2)c1)n1cccc1. The van der Waals surface area contributed by atoms with Gasteiger partial charge in [-0.05, 0) is 42.2 Å². The number of nitrogens with one attached hydrogen (secondary N) is 1. The first-order valence-corrected chi connectivity index (χ1v) is 10.4. The molecule has 0 saturated heterocycles. The summed E-state index contributed by atoms with van der Waals surface area (Å²) < 4.78 is 1.98. The van der Waals surface area contributed by atoms with Crippen LogP contribution < -0.4 is 5.32 Å². The third-order valence-electron chi connectivity index (χ3n) is 3.96. The summed E-state index contributed by atoms with van der Waals surface area (Å²) in [5, 5.41) is 6.05. The van der Waals surface area contributed by atoms with E-state index < -0.39 is 0 Å². The van der Waals surface area contributed by atoms with Crippen LogP contribution in [0.2, 0.25) is 0 Å². The molecule has 1 N–H and O–H groups in total. The van der Waals surface area contributed by atoms with E-state index >= 15 is 0 Å². The number of thiazole rings is 1. The van der Waals surface area contributed by atoms with Gasteiger partial charge in [0.05, 0.1) is 0 Å². The zero-order valence-electron chi connectivity index (χ0n) is 14.1. The summed E-state index contributed by atoms with van der Waals surface area (Å²) >= 11 is 3.38. The number of nitrogens with zero attached hydrogens (tertiary/aromatic N) is 2. The fourth-order valence-electron chi connectivity index (χ4n) is 2.69. The van der Waals surface area contributed by atoms with Crippen molar-refractivity contribution in [1.82, 2.24) is 14.9 Å². The largest absolute Gasteiger partial charge is 0.350 e. The minimum atomic E-state index is -0.162. The smallest absolute Gasteiger partial charge is 0.243 e. The number of benzene rings is 1. The van der Waals surface area contributed by atoms with Gasteiger partial charge in [-0.2, -0.15) is 11.8 Å². The summed E-state index contributed by atoms with van der Waals surface area (Å²) in [6.45, 7) is 0.523. The first kappa shape index (κ1) is 17.8. The zero-order valence-corrected chi connectivity index (χ0v) is 15.7. The Labute approximate surface area is 156 Å². The van der Waals surface area contributed by atoms with E-state index in [-0.39, 0.29) is 11.9 Å². The molecular weight excluding hydrogens is 350 g/mol. The standard InChI is InChI=1S/C19H21N3OS2/c1-24-11-7-17(22-9-2-3-10-22)18(23)21-14-15-5-4-6-16(13-15)19-20-8-12-25-19/h2-6,8-10,12-13,17H,7,11,14H2,1H3,(H,21,23)/t17-/m0/s1. The number of carbonyl (C=O) groups excluding carboxylic acids is 1. The fraction of sp³-hybridized carbons (Fsp3) is 0.263. The highest BCUT2D eigenvalue weighted by molar-refractivity contribution is 7.98. The van der Waals surface area contributed by atoms with Crippen molar-refractivity contribution in [1.29, 1.82) is 0 Å². The number of carbonyl (C=O) groups is 1. The molecule has 0 bridgehead atoms. The maximum Gasteiger partial charge on any atom is 0.243 e. The minimum Gasteiger partial charge on any atom is -0.350 e. The van der Waals surface area contributed by atoms with E-state index in [0.717, 1.165) is 28.3 Å². The van der Waals surface area contributed by atoms with Gasteiger partial charge in [0.1, 0.15) is 11.0 Å². The van der Waals surface area contributed by atoms with Crippen molar-refractivity contribution in [3.63, 3.8) is 0 Å². The van der Waals surface area contributed by atoms with Crippen molar-refractivity contribution in [2.45, 2.75) is 19.0 Å². The van der Waals surface area contributed by atoms with Gasteiger partial charge in [-0.25, -0.2) is 4.98 Å². The lowest BCUT2D eigenvalue weighted by Gasteiger charge is -2.18. The van der Waals surface area contributed by atoms with Crippen molar-refractivity contribution >= 4 is 29.0 Å². The summed E-state index contributed by atoms with van der Waals surface area (Å²) in [6, 6.07) is 11.9. The van der Waals surface area contributed by atoms with Gasteiger partial charge in [0.2, 0.25) is 5.91 Å². The van der Waals surface area contributed by atoms with E-state index in [0.29, 0.717) is 6.54 Å². The lowest BCUT2D eigenvalue weighted by atomic mass is 10.1. The maximum atomic E-state index is 12.7. The van der Waals surface area contributed by atoms with Gasteiger partial charge in [-0.1, -0.05) is 18.2 Å². The quantitative estimate of drug-likeness (QED) is 0.645. The van der Waals surface area contributed by atoms with Crippen LogP contribution in [-0.4, -0.2) is 27.5 Å². The summed E-state index contributed by atoms with van der Waals surface area (Å²) in [5.41, 5.74) is 2.17. The van der Waals surface area contributed by atoms with Crippen LogP contribution in [0.15, 0.2) is 60.4 Å². The number of thioether (sulfide) groups is 1. The Balaban J connectivity index is 1.65. The molecule has 130 valence electrons. The molecule has 1 atom stereocenters. The Bertz CT molecular complexity index is 785. The first-order valence-electron chi connectivity index (χ1n) is 8.16. The fourth-order valence-corrected chi connectivity index (χ4v) is 3.78. The molecule has 25 heavy (non-hydrogen) atoms. The summed E-state index contributed by atoms with van der Waals surface area (Å²) in [4.78, 5) is 17.0. The van der Waals surface area contributed by atoms with Crippen LogP contribution in [0, 0.1) is 0 Å². The van der Waals surface area contributed by atoms with Crippen LogP contribution >= 0.6 is 23.1 Å². The Morgan fingerprint density at radius 2 is 2.16 bits per heavy atom. The van der Waals surface area contributed by atoms with E-state index in [1.165, 1.54) is 0 Å². The van der Waals surface area contributed by atoms with Crippen LogP contribution in [0.4, 0.5) is 0 Å². The molecule has 0 radical (unpaired) electrons. The Morgan fingerprint density at radius 1 is 1.32 bits per heavy atom. The van der Waals surface area contributed by atoms with Gasteiger partial charge >= 0.3 is 0 Å². The number of amides is 1. The summed E-state index contributed by atoms with van der Waals surface area (Å²) in [6.07, 6.45) is 8.60. The van der Waals surface area contributed by atoms with Gasteiger partial charge in [0.25, 0.3) is 0 Å². The van der Waals surface area contributed by atoms with E-state index in [4.69, 9.17) is 0 Å². The summed E-state index contributed by atoms with van der Waals surface area (Å²) in [5.74, 6) is 1.01. The van der Waals surface area contributed by atoms with E-state index in [1.807, 2.05) is 58.9 Å². The maximum absolute atomic E-state index is 12.7. The van der Waals surface area contributed by atoms with Gasteiger partial charge in [-0.3, -0.25) is 4.79 Å². The van der Waals surface area contributed by atoms with Gasteiger partial charge in [-0.15, -0.1) is 11.3 Å². The highest BCUT2D eigenvalue weighted by atomic mass is 32.2. The van der Waals surface area contributed by atoms with Crippen molar-refractivity contribution < 1.29 is 4.79 Å². The highest BCUT2D eigenvalue weighted by Gasteiger charge is 2.18. The average molecular weight is 372 g/mol. The topological polar surface area (TPSA) is 46.9 Å². The average Bonchev–Trinajstić information content (AvgIpc) is 3.34. The Kier molecular flexibility index (Phi) is 6.30. The molecular formula is C19H21N3OS2. The molecule has 1 aromatic carbocycles. The lowest BCUT2D eigenvalue weighted by Crippen LogP contribution is -2.32. The van der Waals surface area contributed by atoms with Crippen molar-refractivity contribution in [3.8, 4) is 10.6 Å². The van der Waals surface area contributed by atoms with Crippen LogP contribution in [0.1, 0.15) is 18.0 Å². The third-order valence-corrected chi connectivity index (χ3v) is 5.42. The molecule has 0 spiro atoms. The number of hydrogen-bond acceptors (Lipinski definition) is 4. The molecule has 0 saturated carbocycles.